The van der Waals surface area contributed by atoms with E-state index in [9.17, 15) is 9.18 Å². The summed E-state index contributed by atoms with van der Waals surface area (Å²) in [5.41, 5.74) is 6.17. The fourth-order valence-corrected chi connectivity index (χ4v) is 3.08. The minimum Gasteiger partial charge on any atom is -0.494 e. The maximum Gasteiger partial charge on any atom is 0.168 e. The quantitative estimate of drug-likeness (QED) is 0.901. The molecule has 1 aliphatic carbocycles. The van der Waals surface area contributed by atoms with Crippen molar-refractivity contribution >= 4 is 5.78 Å². The predicted octanol–water partition coefficient (Wildman–Crippen LogP) is 2.71. The third-order valence-corrected chi connectivity index (χ3v) is 4.25. The molecule has 0 aromatic heterocycles. The van der Waals surface area contributed by atoms with Gasteiger partial charge >= 0.3 is 0 Å². The van der Waals surface area contributed by atoms with E-state index in [1.165, 1.54) is 7.11 Å². The van der Waals surface area contributed by atoms with E-state index in [1.807, 2.05) is 0 Å². The molecule has 0 saturated heterocycles. The lowest BCUT2D eigenvalue weighted by atomic mass is 9.76. The van der Waals surface area contributed by atoms with E-state index in [0.717, 1.165) is 25.7 Å². The second-order valence-corrected chi connectivity index (χ2v) is 5.46. The standard InChI is InChI=1S/C16H22FNO2/c1-20-15-8-4-6-11(16(15)17)9-14(19)13-7-3-2-5-12(13)10-18/h4,6,8,12-13H,2-3,5,7,9-10,18H2,1H3. The average Bonchev–Trinajstić information content (AvgIpc) is 2.49. The van der Waals surface area contributed by atoms with Crippen LogP contribution < -0.4 is 10.5 Å². The Morgan fingerprint density at radius 1 is 1.40 bits per heavy atom. The van der Waals surface area contributed by atoms with Gasteiger partial charge in [-0.05, 0) is 36.9 Å². The van der Waals surface area contributed by atoms with Gasteiger partial charge in [0.1, 0.15) is 5.78 Å². The molecule has 1 fully saturated rings. The highest BCUT2D eigenvalue weighted by atomic mass is 19.1. The topological polar surface area (TPSA) is 52.3 Å². The van der Waals surface area contributed by atoms with Crippen molar-refractivity contribution in [2.45, 2.75) is 32.1 Å². The van der Waals surface area contributed by atoms with Gasteiger partial charge in [-0.25, -0.2) is 4.39 Å². The molecular weight excluding hydrogens is 257 g/mol. The number of halogens is 1. The van der Waals surface area contributed by atoms with E-state index in [4.69, 9.17) is 10.5 Å². The lowest BCUT2D eigenvalue weighted by molar-refractivity contribution is -0.124. The van der Waals surface area contributed by atoms with Crippen LogP contribution in [-0.2, 0) is 11.2 Å². The number of ketones is 1. The van der Waals surface area contributed by atoms with Crippen LogP contribution in [0.15, 0.2) is 18.2 Å². The number of hydrogen-bond donors (Lipinski definition) is 1. The molecular formula is C16H22FNO2. The summed E-state index contributed by atoms with van der Waals surface area (Å²) in [6, 6.07) is 4.93. The van der Waals surface area contributed by atoms with Crippen LogP contribution in [0, 0.1) is 17.7 Å². The highest BCUT2D eigenvalue weighted by Gasteiger charge is 2.30. The van der Waals surface area contributed by atoms with Crippen molar-refractivity contribution in [1.29, 1.82) is 0 Å². The SMILES string of the molecule is COc1cccc(CC(=O)C2CCCCC2CN)c1F. The van der Waals surface area contributed by atoms with Crippen LogP contribution in [0.25, 0.3) is 0 Å². The van der Waals surface area contributed by atoms with Crippen LogP contribution in [-0.4, -0.2) is 19.4 Å². The van der Waals surface area contributed by atoms with Crippen molar-refractivity contribution in [2.75, 3.05) is 13.7 Å². The van der Waals surface area contributed by atoms with Gasteiger partial charge in [-0.3, -0.25) is 4.79 Å². The Morgan fingerprint density at radius 2 is 2.15 bits per heavy atom. The maximum atomic E-state index is 14.1. The van der Waals surface area contributed by atoms with Crippen LogP contribution in [0.2, 0.25) is 0 Å². The first-order valence-electron chi connectivity index (χ1n) is 7.21. The van der Waals surface area contributed by atoms with Crippen LogP contribution in [0.4, 0.5) is 4.39 Å². The second-order valence-electron chi connectivity index (χ2n) is 5.46. The molecule has 0 aliphatic heterocycles. The van der Waals surface area contributed by atoms with Crippen LogP contribution >= 0.6 is 0 Å². The number of ether oxygens (including phenoxy) is 1. The number of Topliss-reactive ketones (excluding diaryl/α,β-unsaturated/α-hetero) is 1. The molecule has 1 aromatic rings. The van der Waals surface area contributed by atoms with E-state index in [1.54, 1.807) is 18.2 Å². The normalized spacial score (nSPS) is 22.6. The molecule has 0 bridgehead atoms. The van der Waals surface area contributed by atoms with Gasteiger partial charge in [-0.1, -0.05) is 25.0 Å². The summed E-state index contributed by atoms with van der Waals surface area (Å²) in [7, 11) is 1.43. The molecule has 0 amide bonds. The zero-order valence-corrected chi connectivity index (χ0v) is 11.9. The molecule has 3 nitrogen and oxygen atoms in total. The number of hydrogen-bond acceptors (Lipinski definition) is 3. The smallest absolute Gasteiger partial charge is 0.168 e. The fourth-order valence-electron chi connectivity index (χ4n) is 3.08. The Labute approximate surface area is 119 Å². The fraction of sp³-hybridized carbons (Fsp3) is 0.562. The molecule has 0 radical (unpaired) electrons. The van der Waals surface area contributed by atoms with Crippen molar-refractivity contribution in [3.63, 3.8) is 0 Å². The summed E-state index contributed by atoms with van der Waals surface area (Å²) in [6.07, 6.45) is 4.22. The minimum atomic E-state index is -0.427. The molecule has 2 atom stereocenters. The highest BCUT2D eigenvalue weighted by molar-refractivity contribution is 5.83. The molecule has 20 heavy (non-hydrogen) atoms. The van der Waals surface area contributed by atoms with Gasteiger partial charge in [0, 0.05) is 12.3 Å². The van der Waals surface area contributed by atoms with Crippen molar-refractivity contribution in [1.82, 2.24) is 0 Å². The third kappa shape index (κ3) is 3.18. The lowest BCUT2D eigenvalue weighted by Crippen LogP contribution is -2.33. The van der Waals surface area contributed by atoms with E-state index in [-0.39, 0.29) is 29.8 Å². The molecule has 1 aliphatic rings. The molecule has 1 saturated carbocycles. The van der Waals surface area contributed by atoms with Gasteiger partial charge in [-0.15, -0.1) is 0 Å². The van der Waals surface area contributed by atoms with E-state index in [2.05, 4.69) is 0 Å². The molecule has 2 rings (SSSR count). The van der Waals surface area contributed by atoms with Gasteiger partial charge in [-0.2, -0.15) is 0 Å². The number of nitrogens with two attached hydrogens (primary N) is 1. The number of rotatable bonds is 5. The van der Waals surface area contributed by atoms with Crippen LogP contribution in [0.5, 0.6) is 5.75 Å². The van der Waals surface area contributed by atoms with Gasteiger partial charge in [0.05, 0.1) is 7.11 Å². The summed E-state index contributed by atoms with van der Waals surface area (Å²) in [5, 5.41) is 0. The van der Waals surface area contributed by atoms with Crippen molar-refractivity contribution in [2.24, 2.45) is 17.6 Å². The Bertz CT molecular complexity index is 476. The monoisotopic (exact) mass is 279 g/mol. The summed E-state index contributed by atoms with van der Waals surface area (Å²) in [6.45, 7) is 0.539. The van der Waals surface area contributed by atoms with Crippen LogP contribution in [0.3, 0.4) is 0 Å². The Balaban J connectivity index is 2.11. The summed E-state index contributed by atoms with van der Waals surface area (Å²) < 4.78 is 19.0. The number of carbonyl (C=O) groups is 1. The Morgan fingerprint density at radius 3 is 2.85 bits per heavy atom. The Hall–Kier alpha value is -1.42. The number of methoxy groups -OCH3 is 1. The summed E-state index contributed by atoms with van der Waals surface area (Å²) in [5.74, 6) is 0.106. The second kappa shape index (κ2) is 6.84. The predicted molar refractivity (Wildman–Crippen MR) is 76.2 cm³/mol. The number of carbonyl (C=O) groups excluding carboxylic acids is 1. The first-order chi connectivity index (χ1) is 9.67. The zero-order chi connectivity index (χ0) is 14.5. The largest absolute Gasteiger partial charge is 0.494 e. The maximum absolute atomic E-state index is 14.1. The molecule has 2 unspecified atom stereocenters. The van der Waals surface area contributed by atoms with E-state index < -0.39 is 5.82 Å². The first-order valence-corrected chi connectivity index (χ1v) is 7.21. The third-order valence-electron chi connectivity index (χ3n) is 4.25. The van der Waals surface area contributed by atoms with Gasteiger partial charge in [0.25, 0.3) is 0 Å². The van der Waals surface area contributed by atoms with Crippen molar-refractivity contribution in [3.8, 4) is 5.75 Å². The molecule has 110 valence electrons. The van der Waals surface area contributed by atoms with Crippen molar-refractivity contribution in [3.05, 3.63) is 29.6 Å². The highest BCUT2D eigenvalue weighted by Crippen LogP contribution is 2.31. The molecule has 0 heterocycles. The van der Waals surface area contributed by atoms with Gasteiger partial charge < -0.3 is 10.5 Å². The van der Waals surface area contributed by atoms with Gasteiger partial charge in [0.15, 0.2) is 11.6 Å². The first kappa shape index (κ1) is 15.0. The molecule has 4 heteroatoms. The van der Waals surface area contributed by atoms with Crippen molar-refractivity contribution < 1.29 is 13.9 Å². The van der Waals surface area contributed by atoms with Crippen LogP contribution in [0.1, 0.15) is 31.2 Å². The summed E-state index contributed by atoms with van der Waals surface area (Å²) in [4.78, 5) is 12.4. The molecule has 2 N–H and O–H groups in total. The number of benzene rings is 1. The average molecular weight is 279 g/mol. The Kier molecular flexibility index (Phi) is 5.12. The lowest BCUT2D eigenvalue weighted by Gasteiger charge is -2.29. The van der Waals surface area contributed by atoms with E-state index in [0.29, 0.717) is 12.1 Å². The zero-order valence-electron chi connectivity index (χ0n) is 11.9. The minimum absolute atomic E-state index is 0.0145. The molecule has 0 spiro atoms. The summed E-state index contributed by atoms with van der Waals surface area (Å²) >= 11 is 0. The van der Waals surface area contributed by atoms with Gasteiger partial charge in [0.2, 0.25) is 0 Å². The van der Waals surface area contributed by atoms with E-state index >= 15 is 0 Å². The molecule has 1 aromatic carbocycles.